The Kier molecular flexibility index (Phi) is 6.47. The number of rotatable bonds is 5. The van der Waals surface area contributed by atoms with Gasteiger partial charge in [0.15, 0.2) is 0 Å². The van der Waals surface area contributed by atoms with Crippen LogP contribution in [0.3, 0.4) is 0 Å². The van der Waals surface area contributed by atoms with Crippen LogP contribution in [0, 0.1) is 20.8 Å². The summed E-state index contributed by atoms with van der Waals surface area (Å²) in [5.41, 5.74) is 5.36. The number of benzene rings is 2. The molecule has 0 unspecified atom stereocenters. The Bertz CT molecular complexity index is 817. The minimum Gasteiger partial charge on any atom is -0.340 e. The van der Waals surface area contributed by atoms with Crippen molar-refractivity contribution >= 4 is 17.5 Å². The summed E-state index contributed by atoms with van der Waals surface area (Å²) in [5.74, 6) is 0.146. The number of piperazine rings is 1. The van der Waals surface area contributed by atoms with Crippen molar-refractivity contribution in [1.82, 2.24) is 9.80 Å². The monoisotopic (exact) mass is 379 g/mol. The average molecular weight is 380 g/mol. The van der Waals surface area contributed by atoms with E-state index in [4.69, 9.17) is 0 Å². The molecule has 5 heteroatoms. The van der Waals surface area contributed by atoms with Gasteiger partial charge in [0.25, 0.3) is 0 Å². The smallest absolute Gasteiger partial charge is 0.238 e. The van der Waals surface area contributed by atoms with E-state index >= 15 is 0 Å². The van der Waals surface area contributed by atoms with Gasteiger partial charge in [-0.05, 0) is 49.6 Å². The first kappa shape index (κ1) is 20.1. The molecule has 1 aliphatic rings. The van der Waals surface area contributed by atoms with E-state index in [0.717, 1.165) is 35.5 Å². The topological polar surface area (TPSA) is 52.7 Å². The van der Waals surface area contributed by atoms with Crippen LogP contribution in [0.5, 0.6) is 0 Å². The van der Waals surface area contributed by atoms with E-state index in [-0.39, 0.29) is 11.8 Å². The quantitative estimate of drug-likeness (QED) is 0.869. The maximum atomic E-state index is 12.5. The van der Waals surface area contributed by atoms with Gasteiger partial charge in [-0.1, -0.05) is 35.9 Å². The van der Waals surface area contributed by atoms with Gasteiger partial charge in [-0.2, -0.15) is 0 Å². The molecule has 1 aliphatic heterocycles. The number of carbonyl (C=O) groups is 2. The third-order valence-electron chi connectivity index (χ3n) is 5.07. The van der Waals surface area contributed by atoms with Gasteiger partial charge in [0.05, 0.1) is 13.0 Å². The summed E-state index contributed by atoms with van der Waals surface area (Å²) in [6.45, 7) is 9.22. The lowest BCUT2D eigenvalue weighted by molar-refractivity contribution is -0.132. The molecule has 2 amide bonds. The predicted octanol–water partition coefficient (Wildman–Crippen LogP) is 2.94. The van der Waals surface area contributed by atoms with Crippen LogP contribution < -0.4 is 5.32 Å². The number of hydrogen-bond donors (Lipinski definition) is 1. The molecule has 0 atom stereocenters. The number of hydrogen-bond acceptors (Lipinski definition) is 3. The van der Waals surface area contributed by atoms with Crippen LogP contribution in [-0.4, -0.2) is 54.3 Å². The molecule has 1 saturated heterocycles. The normalized spacial score (nSPS) is 14.8. The van der Waals surface area contributed by atoms with Crippen molar-refractivity contribution < 1.29 is 9.59 Å². The van der Waals surface area contributed by atoms with Gasteiger partial charge in [-0.15, -0.1) is 0 Å². The van der Waals surface area contributed by atoms with Gasteiger partial charge in [-0.25, -0.2) is 0 Å². The highest BCUT2D eigenvalue weighted by atomic mass is 16.2. The van der Waals surface area contributed by atoms with Crippen molar-refractivity contribution in [3.05, 3.63) is 64.7 Å². The highest BCUT2D eigenvalue weighted by Crippen LogP contribution is 2.14. The maximum absolute atomic E-state index is 12.5. The molecule has 0 aromatic heterocycles. The Hall–Kier alpha value is -2.66. The Morgan fingerprint density at radius 2 is 1.46 bits per heavy atom. The van der Waals surface area contributed by atoms with E-state index in [1.165, 1.54) is 5.56 Å². The van der Waals surface area contributed by atoms with Crippen LogP contribution in [0.25, 0.3) is 0 Å². The molecule has 1 N–H and O–H groups in total. The molecule has 5 nitrogen and oxygen atoms in total. The van der Waals surface area contributed by atoms with Crippen LogP contribution in [0.15, 0.2) is 42.5 Å². The fraction of sp³-hybridized carbons (Fsp3) is 0.391. The summed E-state index contributed by atoms with van der Waals surface area (Å²) in [6, 6.07) is 14.1. The maximum Gasteiger partial charge on any atom is 0.238 e. The average Bonchev–Trinajstić information content (AvgIpc) is 2.63. The van der Waals surface area contributed by atoms with Crippen LogP contribution in [0.1, 0.15) is 22.3 Å². The zero-order valence-corrected chi connectivity index (χ0v) is 17.0. The standard InChI is InChI=1S/C23H29N3O2/c1-17-4-6-20(7-5-17)15-23(28)26-10-8-25(9-11-26)16-22(27)24-21-13-18(2)12-19(3)14-21/h4-7,12-14H,8-11,15-16H2,1-3H3,(H,24,27). The summed E-state index contributed by atoms with van der Waals surface area (Å²) in [4.78, 5) is 28.9. The van der Waals surface area contributed by atoms with E-state index in [0.29, 0.717) is 26.1 Å². The Morgan fingerprint density at radius 1 is 0.857 bits per heavy atom. The fourth-order valence-electron chi connectivity index (χ4n) is 3.60. The highest BCUT2D eigenvalue weighted by Gasteiger charge is 2.22. The molecule has 2 aromatic carbocycles. The molecule has 1 fully saturated rings. The third-order valence-corrected chi connectivity index (χ3v) is 5.07. The first-order valence-electron chi connectivity index (χ1n) is 9.83. The number of carbonyl (C=O) groups excluding carboxylic acids is 2. The lowest BCUT2D eigenvalue weighted by Crippen LogP contribution is -2.50. The molecule has 3 rings (SSSR count). The molecule has 148 valence electrons. The minimum absolute atomic E-state index is 0.00979. The van der Waals surface area contributed by atoms with E-state index in [2.05, 4.69) is 16.3 Å². The second-order valence-electron chi connectivity index (χ2n) is 7.74. The zero-order chi connectivity index (χ0) is 20.1. The molecule has 2 aromatic rings. The van der Waals surface area contributed by atoms with Crippen molar-refractivity contribution in [3.8, 4) is 0 Å². The SMILES string of the molecule is Cc1ccc(CC(=O)N2CCN(CC(=O)Nc3cc(C)cc(C)c3)CC2)cc1. The van der Waals surface area contributed by atoms with Crippen molar-refractivity contribution in [2.24, 2.45) is 0 Å². The van der Waals surface area contributed by atoms with Gasteiger partial charge in [0, 0.05) is 31.9 Å². The van der Waals surface area contributed by atoms with Crippen LogP contribution in [0.4, 0.5) is 5.69 Å². The van der Waals surface area contributed by atoms with Crippen LogP contribution >= 0.6 is 0 Å². The van der Waals surface area contributed by atoms with Gasteiger partial charge in [0.2, 0.25) is 11.8 Å². The number of aryl methyl sites for hydroxylation is 3. The van der Waals surface area contributed by atoms with Crippen molar-refractivity contribution in [3.63, 3.8) is 0 Å². The van der Waals surface area contributed by atoms with Gasteiger partial charge in [-0.3, -0.25) is 14.5 Å². The van der Waals surface area contributed by atoms with Crippen molar-refractivity contribution in [2.45, 2.75) is 27.2 Å². The first-order valence-corrected chi connectivity index (χ1v) is 9.83. The van der Waals surface area contributed by atoms with Crippen LogP contribution in [0.2, 0.25) is 0 Å². The molecule has 28 heavy (non-hydrogen) atoms. The molecule has 0 aliphatic carbocycles. The summed E-state index contributed by atoms with van der Waals surface area (Å²) >= 11 is 0. The second kappa shape index (κ2) is 9.02. The van der Waals surface area contributed by atoms with Crippen molar-refractivity contribution in [1.29, 1.82) is 0 Å². The molecule has 0 spiro atoms. The largest absolute Gasteiger partial charge is 0.340 e. The van der Waals surface area contributed by atoms with E-state index in [1.54, 1.807) is 0 Å². The summed E-state index contributed by atoms with van der Waals surface area (Å²) in [5, 5.41) is 2.98. The van der Waals surface area contributed by atoms with Crippen molar-refractivity contribution in [2.75, 3.05) is 38.0 Å². The Morgan fingerprint density at radius 3 is 2.07 bits per heavy atom. The second-order valence-corrected chi connectivity index (χ2v) is 7.74. The number of amides is 2. The lowest BCUT2D eigenvalue weighted by atomic mass is 10.1. The first-order chi connectivity index (χ1) is 13.4. The molecule has 0 radical (unpaired) electrons. The van der Waals surface area contributed by atoms with Crippen LogP contribution in [-0.2, 0) is 16.0 Å². The van der Waals surface area contributed by atoms with E-state index in [9.17, 15) is 9.59 Å². The Balaban J connectivity index is 1.45. The molecular weight excluding hydrogens is 350 g/mol. The number of nitrogens with one attached hydrogen (secondary N) is 1. The fourth-order valence-corrected chi connectivity index (χ4v) is 3.60. The summed E-state index contributed by atoms with van der Waals surface area (Å²) in [6.07, 6.45) is 0.438. The van der Waals surface area contributed by atoms with E-state index < -0.39 is 0 Å². The minimum atomic E-state index is -0.00979. The lowest BCUT2D eigenvalue weighted by Gasteiger charge is -2.34. The third kappa shape index (κ3) is 5.67. The summed E-state index contributed by atoms with van der Waals surface area (Å²) in [7, 11) is 0. The highest BCUT2D eigenvalue weighted by molar-refractivity contribution is 5.92. The summed E-state index contributed by atoms with van der Waals surface area (Å²) < 4.78 is 0. The van der Waals surface area contributed by atoms with E-state index in [1.807, 2.05) is 62.1 Å². The number of anilines is 1. The van der Waals surface area contributed by atoms with Gasteiger partial charge < -0.3 is 10.2 Å². The number of nitrogens with zero attached hydrogens (tertiary/aromatic N) is 2. The molecule has 1 heterocycles. The van der Waals surface area contributed by atoms with Gasteiger partial charge in [0.1, 0.15) is 0 Å². The Labute approximate surface area is 167 Å². The van der Waals surface area contributed by atoms with Gasteiger partial charge >= 0.3 is 0 Å². The molecule has 0 saturated carbocycles. The molecule has 0 bridgehead atoms. The molecular formula is C23H29N3O2. The zero-order valence-electron chi connectivity index (χ0n) is 17.0. The predicted molar refractivity (Wildman–Crippen MR) is 112 cm³/mol.